The summed E-state index contributed by atoms with van der Waals surface area (Å²) >= 11 is 6.07. The maximum Gasteiger partial charge on any atom is 0.123 e. The highest BCUT2D eigenvalue weighted by atomic mass is 35.5. The minimum atomic E-state index is -0.971. The summed E-state index contributed by atoms with van der Waals surface area (Å²) < 4.78 is 7.53. The van der Waals surface area contributed by atoms with Gasteiger partial charge in [0.25, 0.3) is 0 Å². The van der Waals surface area contributed by atoms with E-state index >= 15 is 0 Å². The van der Waals surface area contributed by atoms with Crippen molar-refractivity contribution in [1.29, 1.82) is 0 Å². The fraction of sp³-hybridized carbons (Fsp3) is 0.636. The molecule has 0 radical (unpaired) electrons. The average molecular weight is 246 g/mol. The van der Waals surface area contributed by atoms with Crippen molar-refractivity contribution >= 4 is 19.7 Å². The van der Waals surface area contributed by atoms with Crippen molar-refractivity contribution in [3.05, 3.63) is 23.0 Å². The quantitative estimate of drug-likeness (QED) is 0.569. The van der Waals surface area contributed by atoms with Crippen LogP contribution < -0.4 is 0 Å². The first kappa shape index (κ1) is 12.8. The first-order valence-corrected chi connectivity index (χ1v) is 9.37. The molecule has 2 nitrogen and oxygen atoms in total. The molecule has 0 saturated carbocycles. The third kappa shape index (κ3) is 4.41. The van der Waals surface area contributed by atoms with Crippen LogP contribution >= 0.6 is 11.6 Å². The molecule has 0 aliphatic heterocycles. The Bertz CT molecular complexity index is 317. The van der Waals surface area contributed by atoms with Crippen molar-refractivity contribution in [1.82, 2.24) is 4.57 Å². The third-order valence-corrected chi connectivity index (χ3v) is 4.53. The van der Waals surface area contributed by atoms with Gasteiger partial charge in [-0.3, -0.25) is 0 Å². The largest absolute Gasteiger partial charge is 0.361 e. The number of aromatic nitrogens is 1. The van der Waals surface area contributed by atoms with Gasteiger partial charge in [-0.2, -0.15) is 0 Å². The molecule has 0 atom stereocenters. The zero-order valence-corrected chi connectivity index (χ0v) is 11.8. The lowest BCUT2D eigenvalue weighted by atomic mass is 10.4. The molecule has 1 rings (SSSR count). The number of halogens is 1. The zero-order chi connectivity index (χ0) is 11.5. The fourth-order valence-electron chi connectivity index (χ4n) is 1.20. The number of nitrogens with zero attached hydrogens (tertiary/aromatic N) is 1. The van der Waals surface area contributed by atoms with Gasteiger partial charge in [0, 0.05) is 20.9 Å². The Morgan fingerprint density at radius 3 is 2.53 bits per heavy atom. The second-order valence-electron chi connectivity index (χ2n) is 5.11. The molecule has 0 fully saturated rings. The van der Waals surface area contributed by atoms with E-state index in [1.807, 2.05) is 23.8 Å². The van der Waals surface area contributed by atoms with Crippen molar-refractivity contribution in [3.63, 3.8) is 0 Å². The van der Waals surface area contributed by atoms with Crippen molar-refractivity contribution in [2.75, 3.05) is 6.61 Å². The van der Waals surface area contributed by atoms with E-state index in [9.17, 15) is 0 Å². The predicted molar refractivity (Wildman–Crippen MR) is 68.3 cm³/mol. The second kappa shape index (κ2) is 5.19. The van der Waals surface area contributed by atoms with Gasteiger partial charge in [0.15, 0.2) is 0 Å². The molecular formula is C11H20ClNOSi. The van der Waals surface area contributed by atoms with Crippen LogP contribution in [0.2, 0.25) is 30.8 Å². The van der Waals surface area contributed by atoms with Gasteiger partial charge in [-0.1, -0.05) is 31.2 Å². The van der Waals surface area contributed by atoms with E-state index in [-0.39, 0.29) is 0 Å². The van der Waals surface area contributed by atoms with Crippen LogP contribution in [0, 0.1) is 6.92 Å². The van der Waals surface area contributed by atoms with Crippen LogP contribution in [0.1, 0.15) is 5.56 Å². The summed E-state index contributed by atoms with van der Waals surface area (Å²) in [5.41, 5.74) is 1.10. The highest BCUT2D eigenvalue weighted by molar-refractivity contribution is 6.76. The van der Waals surface area contributed by atoms with Crippen LogP contribution in [0.4, 0.5) is 0 Å². The number of rotatable bonds is 5. The van der Waals surface area contributed by atoms with Crippen LogP contribution in [0.25, 0.3) is 0 Å². The van der Waals surface area contributed by atoms with Crippen LogP contribution in [-0.4, -0.2) is 19.2 Å². The maximum atomic E-state index is 6.07. The van der Waals surface area contributed by atoms with Gasteiger partial charge in [0.2, 0.25) is 0 Å². The summed E-state index contributed by atoms with van der Waals surface area (Å²) in [6.07, 6.45) is 1.96. The van der Waals surface area contributed by atoms with Crippen LogP contribution in [0.5, 0.6) is 0 Å². The Hall–Kier alpha value is -0.253. The number of ether oxygens (including phenoxy) is 1. The number of hydrogen-bond acceptors (Lipinski definition) is 1. The molecule has 0 spiro atoms. The number of aryl methyl sites for hydroxylation is 1. The van der Waals surface area contributed by atoms with Gasteiger partial charge in [-0.25, -0.2) is 0 Å². The topological polar surface area (TPSA) is 14.2 Å². The normalized spacial score (nSPS) is 12.1. The molecule has 0 aliphatic carbocycles. The highest BCUT2D eigenvalue weighted by Crippen LogP contribution is 2.16. The highest BCUT2D eigenvalue weighted by Gasteiger charge is 2.12. The van der Waals surface area contributed by atoms with E-state index in [1.165, 1.54) is 6.04 Å². The van der Waals surface area contributed by atoms with Crippen molar-refractivity contribution in [3.8, 4) is 0 Å². The molecule has 0 amide bonds. The third-order valence-electron chi connectivity index (χ3n) is 2.31. The maximum absolute atomic E-state index is 6.07. The van der Waals surface area contributed by atoms with E-state index in [0.717, 1.165) is 17.3 Å². The standard InChI is InChI=1S/C11H20ClNOSi/c1-10-5-6-13(11(10)12)9-14-7-8-15(2,3)4/h5-6H,7-9H2,1-4H3. The molecule has 0 unspecified atom stereocenters. The van der Waals surface area contributed by atoms with E-state index in [2.05, 4.69) is 19.6 Å². The van der Waals surface area contributed by atoms with Crippen molar-refractivity contribution in [2.45, 2.75) is 39.3 Å². The summed E-state index contributed by atoms with van der Waals surface area (Å²) in [6, 6.07) is 3.20. The van der Waals surface area contributed by atoms with E-state index < -0.39 is 8.07 Å². The number of hydrogen-bond donors (Lipinski definition) is 0. The smallest absolute Gasteiger partial charge is 0.123 e. The first-order valence-electron chi connectivity index (χ1n) is 5.29. The molecular weight excluding hydrogens is 226 g/mol. The lowest BCUT2D eigenvalue weighted by Gasteiger charge is -2.15. The Morgan fingerprint density at radius 2 is 2.07 bits per heavy atom. The summed E-state index contributed by atoms with van der Waals surface area (Å²) in [4.78, 5) is 0. The molecule has 1 heterocycles. The van der Waals surface area contributed by atoms with Gasteiger partial charge in [-0.15, -0.1) is 0 Å². The van der Waals surface area contributed by atoms with Gasteiger partial charge >= 0.3 is 0 Å². The van der Waals surface area contributed by atoms with E-state index in [4.69, 9.17) is 16.3 Å². The van der Waals surface area contributed by atoms with E-state index in [0.29, 0.717) is 6.73 Å². The molecule has 4 heteroatoms. The van der Waals surface area contributed by atoms with Gasteiger partial charge < -0.3 is 9.30 Å². The Balaban J connectivity index is 2.30. The first-order chi connectivity index (χ1) is 6.90. The monoisotopic (exact) mass is 245 g/mol. The molecule has 1 aromatic heterocycles. The molecule has 0 aromatic carbocycles. The predicted octanol–water partition coefficient (Wildman–Crippen LogP) is 3.76. The summed E-state index contributed by atoms with van der Waals surface area (Å²) in [6.45, 7) is 10.5. The molecule has 0 N–H and O–H groups in total. The minimum absolute atomic E-state index is 0.567. The van der Waals surface area contributed by atoms with Gasteiger partial charge in [0.05, 0.1) is 0 Å². The lowest BCUT2D eigenvalue weighted by Crippen LogP contribution is -2.21. The molecule has 15 heavy (non-hydrogen) atoms. The van der Waals surface area contributed by atoms with Crippen LogP contribution in [0.3, 0.4) is 0 Å². The van der Waals surface area contributed by atoms with Gasteiger partial charge in [0.1, 0.15) is 11.9 Å². The SMILES string of the molecule is Cc1ccn(COCC[Si](C)(C)C)c1Cl. The lowest BCUT2D eigenvalue weighted by molar-refractivity contribution is 0.0876. The molecule has 0 aliphatic rings. The van der Waals surface area contributed by atoms with Crippen molar-refractivity contribution in [2.24, 2.45) is 0 Å². The fourth-order valence-corrected chi connectivity index (χ4v) is 2.13. The Kier molecular flexibility index (Phi) is 4.43. The average Bonchev–Trinajstić information content (AvgIpc) is 2.42. The summed E-state index contributed by atoms with van der Waals surface area (Å²) in [5.74, 6) is 0. The van der Waals surface area contributed by atoms with Crippen LogP contribution in [-0.2, 0) is 11.5 Å². The summed E-state index contributed by atoms with van der Waals surface area (Å²) in [5, 5.41) is 0.781. The summed E-state index contributed by atoms with van der Waals surface area (Å²) in [7, 11) is -0.971. The molecule has 1 aromatic rings. The molecule has 0 saturated heterocycles. The van der Waals surface area contributed by atoms with Crippen LogP contribution in [0.15, 0.2) is 12.3 Å². The molecule has 86 valence electrons. The minimum Gasteiger partial charge on any atom is -0.361 e. The Labute approximate surface area is 98.2 Å². The van der Waals surface area contributed by atoms with Gasteiger partial charge in [-0.05, 0) is 24.6 Å². The molecule has 0 bridgehead atoms. The zero-order valence-electron chi connectivity index (χ0n) is 10.0. The Morgan fingerprint density at radius 1 is 1.40 bits per heavy atom. The second-order valence-corrected chi connectivity index (χ2v) is 11.1. The van der Waals surface area contributed by atoms with E-state index in [1.54, 1.807) is 0 Å². The van der Waals surface area contributed by atoms with Crippen molar-refractivity contribution < 1.29 is 4.74 Å².